The Balaban J connectivity index is 1.28. The Morgan fingerprint density at radius 3 is 2.58 bits per heavy atom. The van der Waals surface area contributed by atoms with Gasteiger partial charge in [0.1, 0.15) is 12.3 Å². The number of nitrogens with zero attached hydrogens (tertiary/aromatic N) is 3. The average molecular weight is 458 g/mol. The number of hydrogen-bond acceptors (Lipinski definition) is 4. The summed E-state index contributed by atoms with van der Waals surface area (Å²) in [5.74, 6) is -2.50. The minimum Gasteiger partial charge on any atom is -0.494 e. The van der Waals surface area contributed by atoms with Crippen LogP contribution in [-0.2, 0) is 4.79 Å². The molecule has 0 unspecified atom stereocenters. The second kappa shape index (κ2) is 10.3. The second-order valence-corrected chi connectivity index (χ2v) is 8.60. The Kier molecular flexibility index (Phi) is 7.23. The van der Waals surface area contributed by atoms with Crippen LogP contribution in [0.4, 0.5) is 14.5 Å². The standard InChI is InChI=1S/C25H29F2N3O3/c1-18-5-3-12-28(18)13-4-16-33-20-10-8-19(9-11-20)30-15-14-29(17-23(30)31)25(32)21-6-2-7-22(26)24(21)27/h2,6-11,18H,3-5,12-17H2,1H3/t18-/m1/s1. The number of rotatable bonds is 7. The van der Waals surface area contributed by atoms with Gasteiger partial charge in [0.15, 0.2) is 11.6 Å². The molecule has 2 aliphatic rings. The molecule has 4 rings (SSSR count). The lowest BCUT2D eigenvalue weighted by Gasteiger charge is -2.34. The molecule has 2 aliphatic heterocycles. The lowest BCUT2D eigenvalue weighted by molar-refractivity contribution is -0.120. The third kappa shape index (κ3) is 5.33. The van der Waals surface area contributed by atoms with Gasteiger partial charge in [0.05, 0.1) is 12.2 Å². The summed E-state index contributed by atoms with van der Waals surface area (Å²) in [6.07, 6.45) is 3.50. The molecule has 2 fully saturated rings. The van der Waals surface area contributed by atoms with Gasteiger partial charge < -0.3 is 19.4 Å². The van der Waals surface area contributed by atoms with Gasteiger partial charge in [-0.05, 0) is 69.1 Å². The van der Waals surface area contributed by atoms with Crippen LogP contribution in [0.2, 0.25) is 0 Å². The number of amides is 2. The highest BCUT2D eigenvalue weighted by atomic mass is 19.2. The molecule has 33 heavy (non-hydrogen) atoms. The van der Waals surface area contributed by atoms with Crippen molar-refractivity contribution in [1.82, 2.24) is 9.80 Å². The van der Waals surface area contributed by atoms with E-state index >= 15 is 0 Å². The molecular formula is C25H29F2N3O3. The highest BCUT2D eigenvalue weighted by Crippen LogP contribution is 2.23. The number of carbonyl (C=O) groups excluding carboxylic acids is 2. The molecule has 0 aliphatic carbocycles. The lowest BCUT2D eigenvalue weighted by atomic mass is 10.1. The molecule has 2 saturated heterocycles. The number of carbonyl (C=O) groups is 2. The molecule has 2 aromatic carbocycles. The fourth-order valence-electron chi connectivity index (χ4n) is 4.46. The number of benzene rings is 2. The quantitative estimate of drug-likeness (QED) is 0.595. The Labute approximate surface area is 192 Å². The molecular weight excluding hydrogens is 428 g/mol. The lowest BCUT2D eigenvalue weighted by Crippen LogP contribution is -2.52. The van der Waals surface area contributed by atoms with Crippen molar-refractivity contribution in [1.29, 1.82) is 0 Å². The summed E-state index contributed by atoms with van der Waals surface area (Å²) in [5, 5.41) is 0. The third-order valence-electron chi connectivity index (χ3n) is 6.39. The maximum Gasteiger partial charge on any atom is 0.257 e. The third-order valence-corrected chi connectivity index (χ3v) is 6.39. The first-order chi connectivity index (χ1) is 15.9. The molecule has 0 radical (unpaired) electrons. The number of likely N-dealkylation sites (tertiary alicyclic amines) is 1. The van der Waals surface area contributed by atoms with E-state index in [1.165, 1.54) is 36.4 Å². The maximum absolute atomic E-state index is 14.0. The summed E-state index contributed by atoms with van der Waals surface area (Å²) in [6.45, 7) is 5.42. The Morgan fingerprint density at radius 1 is 1.09 bits per heavy atom. The molecule has 2 aromatic rings. The summed E-state index contributed by atoms with van der Waals surface area (Å²) in [6, 6.07) is 11.4. The van der Waals surface area contributed by atoms with Crippen molar-refractivity contribution in [3.8, 4) is 5.75 Å². The van der Waals surface area contributed by atoms with Crippen molar-refractivity contribution in [3.63, 3.8) is 0 Å². The van der Waals surface area contributed by atoms with E-state index in [0.29, 0.717) is 18.3 Å². The Bertz CT molecular complexity index is 999. The number of hydrogen-bond donors (Lipinski definition) is 0. The number of anilines is 1. The zero-order chi connectivity index (χ0) is 23.4. The number of halogens is 2. The molecule has 176 valence electrons. The Morgan fingerprint density at radius 2 is 1.88 bits per heavy atom. The van der Waals surface area contributed by atoms with E-state index in [1.807, 2.05) is 24.3 Å². The molecule has 6 nitrogen and oxygen atoms in total. The molecule has 0 spiro atoms. The van der Waals surface area contributed by atoms with Crippen LogP contribution in [0, 0.1) is 11.6 Å². The highest BCUT2D eigenvalue weighted by molar-refractivity contribution is 6.01. The van der Waals surface area contributed by atoms with Crippen molar-refractivity contribution in [2.75, 3.05) is 44.2 Å². The smallest absolute Gasteiger partial charge is 0.257 e. The predicted octanol–water partition coefficient (Wildman–Crippen LogP) is 3.71. The van der Waals surface area contributed by atoms with Crippen LogP contribution < -0.4 is 9.64 Å². The fraction of sp³-hybridized carbons (Fsp3) is 0.440. The van der Waals surface area contributed by atoms with Crippen LogP contribution >= 0.6 is 0 Å². The van der Waals surface area contributed by atoms with Crippen molar-refractivity contribution in [2.24, 2.45) is 0 Å². The van der Waals surface area contributed by atoms with Crippen molar-refractivity contribution in [2.45, 2.75) is 32.2 Å². The summed E-state index contributed by atoms with van der Waals surface area (Å²) in [5.41, 5.74) is 0.346. The summed E-state index contributed by atoms with van der Waals surface area (Å²) >= 11 is 0. The molecule has 0 saturated carbocycles. The van der Waals surface area contributed by atoms with Crippen LogP contribution in [0.25, 0.3) is 0 Å². The first kappa shape index (κ1) is 23.2. The zero-order valence-electron chi connectivity index (χ0n) is 18.8. The van der Waals surface area contributed by atoms with Gasteiger partial charge in [0.25, 0.3) is 5.91 Å². The van der Waals surface area contributed by atoms with Crippen LogP contribution in [0.5, 0.6) is 5.75 Å². The molecule has 0 N–H and O–H groups in total. The topological polar surface area (TPSA) is 53.1 Å². The summed E-state index contributed by atoms with van der Waals surface area (Å²) in [7, 11) is 0. The molecule has 2 amide bonds. The SMILES string of the molecule is C[C@@H]1CCCN1CCCOc1ccc(N2CCN(C(=O)c3cccc(F)c3F)CC2=O)cc1. The monoisotopic (exact) mass is 457 g/mol. The van der Waals surface area contributed by atoms with E-state index in [4.69, 9.17) is 4.74 Å². The van der Waals surface area contributed by atoms with Gasteiger partial charge in [-0.25, -0.2) is 8.78 Å². The van der Waals surface area contributed by atoms with Crippen molar-refractivity contribution >= 4 is 17.5 Å². The van der Waals surface area contributed by atoms with Gasteiger partial charge in [0, 0.05) is 31.4 Å². The van der Waals surface area contributed by atoms with E-state index in [0.717, 1.165) is 24.8 Å². The average Bonchev–Trinajstić information content (AvgIpc) is 3.23. The number of piperazine rings is 1. The minimum absolute atomic E-state index is 0.192. The van der Waals surface area contributed by atoms with E-state index in [2.05, 4.69) is 11.8 Å². The Hall–Kier alpha value is -3.00. The largest absolute Gasteiger partial charge is 0.494 e. The number of ether oxygens (including phenoxy) is 1. The second-order valence-electron chi connectivity index (χ2n) is 8.60. The van der Waals surface area contributed by atoms with Gasteiger partial charge in [-0.15, -0.1) is 0 Å². The predicted molar refractivity (Wildman–Crippen MR) is 121 cm³/mol. The van der Waals surface area contributed by atoms with E-state index in [1.54, 1.807) is 4.90 Å². The van der Waals surface area contributed by atoms with E-state index < -0.39 is 17.5 Å². The first-order valence-corrected chi connectivity index (χ1v) is 11.4. The van der Waals surface area contributed by atoms with Crippen molar-refractivity contribution in [3.05, 3.63) is 59.7 Å². The highest BCUT2D eigenvalue weighted by Gasteiger charge is 2.30. The molecule has 0 aromatic heterocycles. The molecule has 0 bridgehead atoms. The fourth-order valence-corrected chi connectivity index (χ4v) is 4.46. The van der Waals surface area contributed by atoms with Gasteiger partial charge in [0.2, 0.25) is 5.91 Å². The van der Waals surface area contributed by atoms with Crippen LogP contribution in [0.1, 0.15) is 36.5 Å². The minimum atomic E-state index is -1.19. The normalized spacial score (nSPS) is 19.2. The molecule has 1 atom stereocenters. The van der Waals surface area contributed by atoms with Gasteiger partial charge in [-0.1, -0.05) is 6.07 Å². The summed E-state index contributed by atoms with van der Waals surface area (Å²) < 4.78 is 33.2. The van der Waals surface area contributed by atoms with Gasteiger partial charge >= 0.3 is 0 Å². The van der Waals surface area contributed by atoms with Crippen LogP contribution in [0.3, 0.4) is 0 Å². The van der Waals surface area contributed by atoms with E-state index in [-0.39, 0.29) is 31.1 Å². The van der Waals surface area contributed by atoms with Crippen LogP contribution in [0.15, 0.2) is 42.5 Å². The van der Waals surface area contributed by atoms with Gasteiger partial charge in [-0.2, -0.15) is 0 Å². The zero-order valence-corrected chi connectivity index (χ0v) is 18.8. The van der Waals surface area contributed by atoms with Gasteiger partial charge in [-0.3, -0.25) is 9.59 Å². The molecule has 8 heteroatoms. The van der Waals surface area contributed by atoms with Crippen molar-refractivity contribution < 1.29 is 23.1 Å². The molecule has 2 heterocycles. The van der Waals surface area contributed by atoms with E-state index in [9.17, 15) is 18.4 Å². The van der Waals surface area contributed by atoms with Crippen LogP contribution in [-0.4, -0.2) is 67.0 Å². The maximum atomic E-state index is 14.0. The summed E-state index contributed by atoms with van der Waals surface area (Å²) in [4.78, 5) is 30.6. The first-order valence-electron chi connectivity index (χ1n) is 11.4.